The molecule has 0 bridgehead atoms. The monoisotopic (exact) mass is 366 g/mol. The van der Waals surface area contributed by atoms with Gasteiger partial charge in [0.1, 0.15) is 11.3 Å². The lowest BCUT2D eigenvalue weighted by atomic mass is 9.94. The van der Waals surface area contributed by atoms with Gasteiger partial charge < -0.3 is 14.3 Å². The third-order valence-corrected chi connectivity index (χ3v) is 4.85. The number of rotatable bonds is 8. The van der Waals surface area contributed by atoms with E-state index in [4.69, 9.17) is 14.3 Å². The predicted molar refractivity (Wildman–Crippen MR) is 108 cm³/mol. The highest BCUT2D eigenvalue weighted by Gasteiger charge is 2.12. The Hall–Kier alpha value is -2.59. The summed E-state index contributed by atoms with van der Waals surface area (Å²) in [6.07, 6.45) is 5.56. The van der Waals surface area contributed by atoms with Crippen molar-refractivity contribution in [3.05, 3.63) is 64.0 Å². The second kappa shape index (κ2) is 8.87. The molecule has 0 aliphatic rings. The minimum atomic E-state index is -0.418. The molecule has 0 spiro atoms. The van der Waals surface area contributed by atoms with E-state index in [0.29, 0.717) is 16.9 Å². The molecule has 27 heavy (non-hydrogen) atoms. The first-order chi connectivity index (χ1) is 13.2. The first kappa shape index (κ1) is 19.2. The molecule has 1 aromatic heterocycles. The highest BCUT2D eigenvalue weighted by molar-refractivity contribution is 5.83. The maximum Gasteiger partial charge on any atom is 0.344 e. The highest BCUT2D eigenvalue weighted by atomic mass is 16.6. The fraction of sp³-hybridized carbons (Fsp3) is 0.348. The summed E-state index contributed by atoms with van der Waals surface area (Å²) < 4.78 is 10.6. The van der Waals surface area contributed by atoms with Crippen molar-refractivity contribution in [1.29, 1.82) is 0 Å². The molecule has 0 amide bonds. The van der Waals surface area contributed by atoms with Crippen molar-refractivity contribution < 1.29 is 14.3 Å². The summed E-state index contributed by atoms with van der Waals surface area (Å²) in [4.78, 5) is 12.6. The smallest absolute Gasteiger partial charge is 0.344 e. The van der Waals surface area contributed by atoms with Gasteiger partial charge in [0.2, 0.25) is 0 Å². The molecular formula is C23H26O4. The van der Waals surface area contributed by atoms with Gasteiger partial charge in [0.15, 0.2) is 6.79 Å². The Labute approximate surface area is 159 Å². The molecule has 0 saturated carbocycles. The van der Waals surface area contributed by atoms with Crippen molar-refractivity contribution in [2.75, 3.05) is 6.79 Å². The first-order valence-corrected chi connectivity index (χ1v) is 9.60. The largest absolute Gasteiger partial charge is 0.468 e. The van der Waals surface area contributed by atoms with Gasteiger partial charge in [-0.1, -0.05) is 44.9 Å². The van der Waals surface area contributed by atoms with Gasteiger partial charge in [-0.15, -0.1) is 0 Å². The van der Waals surface area contributed by atoms with Crippen molar-refractivity contribution in [2.24, 2.45) is 0 Å². The molecule has 4 nitrogen and oxygen atoms in total. The molecule has 0 aliphatic carbocycles. The lowest BCUT2D eigenvalue weighted by molar-refractivity contribution is 0.0986. The minimum absolute atomic E-state index is 0.364. The summed E-state index contributed by atoms with van der Waals surface area (Å²) in [6.45, 7) is 3.90. The predicted octanol–water partition coefficient (Wildman–Crippen LogP) is 5.08. The van der Waals surface area contributed by atoms with Gasteiger partial charge in [-0.25, -0.2) is 4.79 Å². The molecule has 3 rings (SSSR count). The molecule has 0 fully saturated rings. The lowest BCUT2D eigenvalue weighted by Gasteiger charge is -2.11. The molecule has 0 radical (unpaired) electrons. The number of benzene rings is 2. The van der Waals surface area contributed by atoms with E-state index in [-0.39, 0.29) is 5.63 Å². The summed E-state index contributed by atoms with van der Waals surface area (Å²) in [5, 5.41) is 9.70. The average molecular weight is 366 g/mol. The summed E-state index contributed by atoms with van der Waals surface area (Å²) >= 11 is 0. The van der Waals surface area contributed by atoms with Crippen LogP contribution in [0.15, 0.2) is 51.7 Å². The molecule has 0 unspecified atom stereocenters. The number of aliphatic hydroxyl groups is 1. The van der Waals surface area contributed by atoms with Crippen LogP contribution in [-0.4, -0.2) is 11.9 Å². The Morgan fingerprint density at radius 3 is 2.59 bits per heavy atom. The fourth-order valence-electron chi connectivity index (χ4n) is 3.38. The van der Waals surface area contributed by atoms with E-state index in [0.717, 1.165) is 29.4 Å². The second-order valence-electron chi connectivity index (χ2n) is 6.72. The summed E-state index contributed by atoms with van der Waals surface area (Å²) in [5.41, 5.74) is 4.08. The molecule has 0 saturated heterocycles. The van der Waals surface area contributed by atoms with Crippen LogP contribution in [0.5, 0.6) is 5.75 Å². The third-order valence-electron chi connectivity index (χ3n) is 4.85. The van der Waals surface area contributed by atoms with Crippen molar-refractivity contribution in [1.82, 2.24) is 0 Å². The Morgan fingerprint density at radius 2 is 1.85 bits per heavy atom. The average Bonchev–Trinajstić information content (AvgIpc) is 2.68. The SMILES string of the molecule is CCCCCc1ccc(-c2cc3ccc(OCO)cc3oc2=O)c(CC)c1. The number of fused-ring (bicyclic) bond motifs is 1. The van der Waals surface area contributed by atoms with Crippen LogP contribution >= 0.6 is 0 Å². The molecule has 2 aromatic carbocycles. The Balaban J connectivity index is 1.99. The van der Waals surface area contributed by atoms with Crippen LogP contribution in [0.4, 0.5) is 0 Å². The topological polar surface area (TPSA) is 59.7 Å². The normalized spacial score (nSPS) is 11.1. The van der Waals surface area contributed by atoms with Crippen LogP contribution in [0.25, 0.3) is 22.1 Å². The van der Waals surface area contributed by atoms with E-state index in [1.54, 1.807) is 12.1 Å². The zero-order valence-corrected chi connectivity index (χ0v) is 16.0. The Kier molecular flexibility index (Phi) is 6.30. The third kappa shape index (κ3) is 4.40. The van der Waals surface area contributed by atoms with E-state index in [9.17, 15) is 4.79 Å². The van der Waals surface area contributed by atoms with Crippen molar-refractivity contribution in [2.45, 2.75) is 46.0 Å². The van der Waals surface area contributed by atoms with Crippen LogP contribution in [-0.2, 0) is 12.8 Å². The molecule has 0 atom stereocenters. The highest BCUT2D eigenvalue weighted by Crippen LogP contribution is 2.28. The standard InChI is InChI=1S/C23H26O4/c1-3-5-6-7-16-8-11-20(17(4-2)12-16)21-13-18-9-10-19(26-15-24)14-22(18)27-23(21)25/h8-14,24H,3-7,15H2,1-2H3. The van der Waals surface area contributed by atoms with Gasteiger partial charge in [-0.2, -0.15) is 0 Å². The van der Waals surface area contributed by atoms with Crippen LogP contribution in [0.3, 0.4) is 0 Å². The lowest BCUT2D eigenvalue weighted by Crippen LogP contribution is -2.05. The second-order valence-corrected chi connectivity index (χ2v) is 6.72. The van der Waals surface area contributed by atoms with Gasteiger partial charge in [-0.3, -0.25) is 0 Å². The number of hydrogen-bond donors (Lipinski definition) is 1. The van der Waals surface area contributed by atoms with Crippen molar-refractivity contribution in [3.8, 4) is 16.9 Å². The van der Waals surface area contributed by atoms with E-state index >= 15 is 0 Å². The first-order valence-electron chi connectivity index (χ1n) is 9.60. The minimum Gasteiger partial charge on any atom is -0.468 e. The number of aryl methyl sites for hydroxylation is 2. The number of hydrogen-bond acceptors (Lipinski definition) is 4. The van der Waals surface area contributed by atoms with E-state index < -0.39 is 6.79 Å². The van der Waals surface area contributed by atoms with Gasteiger partial charge in [0.05, 0.1) is 5.56 Å². The Bertz CT molecular complexity index is 972. The summed E-state index contributed by atoms with van der Waals surface area (Å²) in [5.74, 6) is 0.464. The zero-order valence-electron chi connectivity index (χ0n) is 16.0. The summed E-state index contributed by atoms with van der Waals surface area (Å²) in [7, 11) is 0. The molecular weight excluding hydrogens is 340 g/mol. The van der Waals surface area contributed by atoms with Crippen LogP contribution in [0.2, 0.25) is 0 Å². The summed E-state index contributed by atoms with van der Waals surface area (Å²) in [6, 6.07) is 13.4. The number of unbranched alkanes of at least 4 members (excludes halogenated alkanes) is 2. The number of aliphatic hydroxyl groups excluding tert-OH is 1. The van der Waals surface area contributed by atoms with Crippen molar-refractivity contribution in [3.63, 3.8) is 0 Å². The maximum atomic E-state index is 12.6. The number of ether oxygens (including phenoxy) is 1. The van der Waals surface area contributed by atoms with E-state index in [2.05, 4.69) is 26.0 Å². The molecule has 4 heteroatoms. The van der Waals surface area contributed by atoms with Gasteiger partial charge in [-0.05, 0) is 54.2 Å². The van der Waals surface area contributed by atoms with Crippen LogP contribution < -0.4 is 10.4 Å². The maximum absolute atomic E-state index is 12.6. The van der Waals surface area contributed by atoms with Crippen molar-refractivity contribution >= 4 is 11.0 Å². The molecule has 1 N–H and O–H groups in total. The molecule has 0 aliphatic heterocycles. The fourth-order valence-corrected chi connectivity index (χ4v) is 3.38. The van der Waals surface area contributed by atoms with Gasteiger partial charge in [0.25, 0.3) is 0 Å². The van der Waals surface area contributed by atoms with Crippen LogP contribution in [0, 0.1) is 0 Å². The van der Waals surface area contributed by atoms with Crippen LogP contribution in [0.1, 0.15) is 44.2 Å². The quantitative estimate of drug-likeness (QED) is 0.343. The molecule has 1 heterocycles. The van der Waals surface area contributed by atoms with Gasteiger partial charge in [0, 0.05) is 11.5 Å². The molecule has 142 valence electrons. The Morgan fingerprint density at radius 1 is 1.00 bits per heavy atom. The van der Waals surface area contributed by atoms with E-state index in [1.807, 2.05) is 18.2 Å². The van der Waals surface area contributed by atoms with E-state index in [1.165, 1.54) is 24.8 Å². The van der Waals surface area contributed by atoms with Gasteiger partial charge >= 0.3 is 5.63 Å². The zero-order chi connectivity index (χ0) is 19.2. The molecule has 3 aromatic rings.